The highest BCUT2D eigenvalue weighted by Crippen LogP contribution is 2.28. The molecule has 2 aromatic rings. The van der Waals surface area contributed by atoms with Crippen LogP contribution in [0.4, 0.5) is 5.13 Å². The molecular formula is C13H16N4OS2. The number of thioether (sulfide) groups is 1. The fraction of sp³-hybridized carbons (Fsp3) is 0.308. The number of aromatic nitrogens is 2. The predicted octanol–water partition coefficient (Wildman–Crippen LogP) is 2.51. The molecule has 1 heterocycles. The van der Waals surface area contributed by atoms with Crippen LogP contribution in [0.5, 0.6) is 0 Å². The van der Waals surface area contributed by atoms with Crippen LogP contribution < -0.4 is 11.1 Å². The van der Waals surface area contributed by atoms with Gasteiger partial charge >= 0.3 is 0 Å². The third kappa shape index (κ3) is 4.29. The van der Waals surface area contributed by atoms with E-state index in [1.165, 1.54) is 16.9 Å². The van der Waals surface area contributed by atoms with E-state index in [1.54, 1.807) is 25.6 Å². The number of amides is 1. The van der Waals surface area contributed by atoms with Gasteiger partial charge in [-0.25, -0.2) is 0 Å². The maximum Gasteiger partial charge on any atom is 0.245 e. The first-order valence-corrected chi connectivity index (χ1v) is 7.86. The number of benzene rings is 1. The van der Waals surface area contributed by atoms with Crippen molar-refractivity contribution < 1.29 is 4.79 Å². The molecule has 0 aliphatic carbocycles. The van der Waals surface area contributed by atoms with Crippen molar-refractivity contribution in [1.82, 2.24) is 10.2 Å². The summed E-state index contributed by atoms with van der Waals surface area (Å²) in [6.07, 6.45) is 0. The zero-order chi connectivity index (χ0) is 14.6. The third-order valence-corrected chi connectivity index (χ3v) is 4.46. The summed E-state index contributed by atoms with van der Waals surface area (Å²) >= 11 is 2.94. The molecule has 5 nitrogen and oxygen atoms in total. The Morgan fingerprint density at radius 3 is 2.70 bits per heavy atom. The van der Waals surface area contributed by atoms with Crippen molar-refractivity contribution in [2.24, 2.45) is 5.73 Å². The van der Waals surface area contributed by atoms with Crippen LogP contribution in [-0.4, -0.2) is 21.6 Å². The molecule has 1 aromatic carbocycles. The van der Waals surface area contributed by atoms with Crippen molar-refractivity contribution in [3.8, 4) is 0 Å². The Morgan fingerprint density at radius 2 is 2.05 bits per heavy atom. The number of nitrogens with one attached hydrogen (secondary N) is 1. The second kappa shape index (κ2) is 6.34. The molecule has 0 saturated heterocycles. The number of hydrogen-bond donors (Lipinski definition) is 2. The normalized spacial score (nSPS) is 11.3. The Hall–Kier alpha value is -1.44. The molecule has 2 rings (SSSR count). The van der Waals surface area contributed by atoms with Crippen molar-refractivity contribution >= 4 is 34.1 Å². The van der Waals surface area contributed by atoms with Crippen molar-refractivity contribution in [3.63, 3.8) is 0 Å². The van der Waals surface area contributed by atoms with E-state index in [-0.39, 0.29) is 5.91 Å². The van der Waals surface area contributed by atoms with Gasteiger partial charge in [0.25, 0.3) is 0 Å². The number of anilines is 1. The van der Waals surface area contributed by atoms with Gasteiger partial charge in [-0.1, -0.05) is 53.4 Å². The Bertz CT molecular complexity index is 578. The van der Waals surface area contributed by atoms with E-state index in [0.29, 0.717) is 5.13 Å². The molecule has 1 aromatic heterocycles. The van der Waals surface area contributed by atoms with Crippen LogP contribution >= 0.6 is 23.1 Å². The lowest BCUT2D eigenvalue weighted by Gasteiger charge is -2.15. The highest BCUT2D eigenvalue weighted by Gasteiger charge is 2.23. The number of hydrogen-bond acceptors (Lipinski definition) is 6. The summed E-state index contributed by atoms with van der Waals surface area (Å²) < 4.78 is 0.819. The lowest BCUT2D eigenvalue weighted by molar-refractivity contribution is -0.120. The second-order valence-electron chi connectivity index (χ2n) is 4.82. The molecule has 20 heavy (non-hydrogen) atoms. The summed E-state index contributed by atoms with van der Waals surface area (Å²) in [6.45, 7) is 3.29. The number of nitrogens with two attached hydrogens (primary N) is 1. The van der Waals surface area contributed by atoms with Crippen LogP contribution in [0.25, 0.3) is 0 Å². The van der Waals surface area contributed by atoms with Gasteiger partial charge in [0.05, 0.1) is 5.54 Å². The first-order chi connectivity index (χ1) is 9.45. The molecule has 0 bridgehead atoms. The zero-order valence-electron chi connectivity index (χ0n) is 11.3. The van der Waals surface area contributed by atoms with Crippen LogP contribution in [-0.2, 0) is 10.5 Å². The van der Waals surface area contributed by atoms with E-state index in [2.05, 4.69) is 27.6 Å². The molecule has 3 N–H and O–H groups in total. The Balaban J connectivity index is 1.91. The summed E-state index contributed by atoms with van der Waals surface area (Å²) in [6, 6.07) is 10.1. The predicted molar refractivity (Wildman–Crippen MR) is 82.8 cm³/mol. The van der Waals surface area contributed by atoms with Gasteiger partial charge in [0, 0.05) is 5.75 Å². The molecule has 0 saturated carbocycles. The van der Waals surface area contributed by atoms with Crippen molar-refractivity contribution in [1.29, 1.82) is 0 Å². The van der Waals surface area contributed by atoms with Gasteiger partial charge in [0.2, 0.25) is 11.0 Å². The summed E-state index contributed by atoms with van der Waals surface area (Å²) in [7, 11) is 0. The first-order valence-electron chi connectivity index (χ1n) is 6.06. The average molecular weight is 308 g/mol. The van der Waals surface area contributed by atoms with Crippen LogP contribution in [0.15, 0.2) is 34.7 Å². The van der Waals surface area contributed by atoms with Crippen molar-refractivity contribution in [2.45, 2.75) is 29.5 Å². The number of nitrogens with zero attached hydrogens (tertiary/aromatic N) is 2. The van der Waals surface area contributed by atoms with Crippen LogP contribution in [0, 0.1) is 0 Å². The Kier molecular flexibility index (Phi) is 4.74. The lowest BCUT2D eigenvalue weighted by Crippen LogP contribution is -2.45. The smallest absolute Gasteiger partial charge is 0.245 e. The summed E-state index contributed by atoms with van der Waals surface area (Å²) in [5, 5.41) is 11.1. The average Bonchev–Trinajstić information content (AvgIpc) is 2.84. The molecule has 0 spiro atoms. The van der Waals surface area contributed by atoms with Crippen LogP contribution in [0.2, 0.25) is 0 Å². The van der Waals surface area contributed by atoms with Gasteiger partial charge in [-0.15, -0.1) is 10.2 Å². The summed E-state index contributed by atoms with van der Waals surface area (Å²) in [5.74, 6) is 0.555. The minimum absolute atomic E-state index is 0.270. The molecule has 0 atom stereocenters. The molecule has 0 unspecified atom stereocenters. The maximum atomic E-state index is 11.7. The van der Waals surface area contributed by atoms with Crippen LogP contribution in [0.3, 0.4) is 0 Å². The van der Waals surface area contributed by atoms with Gasteiger partial charge in [0.1, 0.15) is 0 Å². The van der Waals surface area contributed by atoms with Crippen molar-refractivity contribution in [3.05, 3.63) is 35.9 Å². The highest BCUT2D eigenvalue weighted by molar-refractivity contribution is 8.00. The number of carbonyl (C=O) groups excluding carboxylic acids is 1. The summed E-state index contributed by atoms with van der Waals surface area (Å²) in [5.41, 5.74) is 6.00. The number of rotatable bonds is 5. The molecule has 0 aliphatic heterocycles. The van der Waals surface area contributed by atoms with Gasteiger partial charge in [-0.3, -0.25) is 10.1 Å². The van der Waals surface area contributed by atoms with Gasteiger partial charge in [0.15, 0.2) is 4.34 Å². The third-order valence-electron chi connectivity index (χ3n) is 2.42. The fourth-order valence-electron chi connectivity index (χ4n) is 1.30. The fourth-order valence-corrected chi connectivity index (χ4v) is 3.00. The van der Waals surface area contributed by atoms with Crippen molar-refractivity contribution in [2.75, 3.05) is 5.32 Å². The standard InChI is InChI=1S/C13H16N4OS2/c1-13(2,14)10(18)15-11-16-17-12(20-11)19-8-9-6-4-3-5-7-9/h3-7H,8,14H2,1-2H3,(H,15,16,18). The maximum absolute atomic E-state index is 11.7. The minimum atomic E-state index is -0.928. The Labute approximate surface area is 126 Å². The molecule has 0 aliphatic rings. The van der Waals surface area contributed by atoms with E-state index in [9.17, 15) is 4.79 Å². The van der Waals surface area contributed by atoms with Crippen LogP contribution in [0.1, 0.15) is 19.4 Å². The molecule has 106 valence electrons. The zero-order valence-corrected chi connectivity index (χ0v) is 12.9. The largest absolute Gasteiger partial charge is 0.318 e. The molecule has 0 fully saturated rings. The Morgan fingerprint density at radius 1 is 1.35 bits per heavy atom. The highest BCUT2D eigenvalue weighted by atomic mass is 32.2. The molecule has 0 radical (unpaired) electrons. The SMILES string of the molecule is CC(C)(N)C(=O)Nc1nnc(SCc2ccccc2)s1. The monoisotopic (exact) mass is 308 g/mol. The topological polar surface area (TPSA) is 80.9 Å². The van der Waals surface area contributed by atoms with E-state index < -0.39 is 5.54 Å². The first kappa shape index (κ1) is 15.0. The van der Waals surface area contributed by atoms with Gasteiger partial charge in [-0.2, -0.15) is 0 Å². The molecule has 1 amide bonds. The van der Waals surface area contributed by atoms with Gasteiger partial charge < -0.3 is 5.73 Å². The minimum Gasteiger partial charge on any atom is -0.318 e. The van der Waals surface area contributed by atoms with E-state index in [4.69, 9.17) is 5.73 Å². The summed E-state index contributed by atoms with van der Waals surface area (Å²) in [4.78, 5) is 11.7. The van der Waals surface area contributed by atoms with E-state index in [1.807, 2.05) is 18.2 Å². The molecule has 7 heteroatoms. The number of carbonyl (C=O) groups is 1. The second-order valence-corrected chi connectivity index (χ2v) is 7.02. The van der Waals surface area contributed by atoms with E-state index >= 15 is 0 Å². The molecular weight excluding hydrogens is 292 g/mol. The van der Waals surface area contributed by atoms with E-state index in [0.717, 1.165) is 10.1 Å². The lowest BCUT2D eigenvalue weighted by atomic mass is 10.1. The quantitative estimate of drug-likeness (QED) is 0.655. The van der Waals surface area contributed by atoms with Gasteiger partial charge in [-0.05, 0) is 19.4 Å².